The van der Waals surface area contributed by atoms with Gasteiger partial charge in [0, 0.05) is 22.7 Å². The largest absolute Gasteiger partial charge is 0.489 e. The second-order valence-corrected chi connectivity index (χ2v) is 6.42. The molecule has 3 aromatic rings. The number of nitrogens with zero attached hydrogens (tertiary/aromatic N) is 2. The SMILES string of the molecule is O=C(N/N=C\c1ccc(OCc2ccc([N+](=O)[O-])cc2)cc1)c1ccc(Cl)cc1. The first kappa shape index (κ1) is 20.0. The number of hydrogen-bond acceptors (Lipinski definition) is 5. The summed E-state index contributed by atoms with van der Waals surface area (Å²) >= 11 is 5.79. The number of nitrogens with one attached hydrogen (secondary N) is 1. The van der Waals surface area contributed by atoms with E-state index < -0.39 is 4.92 Å². The van der Waals surface area contributed by atoms with E-state index in [1.165, 1.54) is 18.3 Å². The first-order valence-electron chi connectivity index (χ1n) is 8.56. The van der Waals surface area contributed by atoms with Crippen LogP contribution in [0.25, 0.3) is 0 Å². The van der Waals surface area contributed by atoms with Crippen LogP contribution in [-0.4, -0.2) is 17.0 Å². The number of ether oxygens (including phenoxy) is 1. The fraction of sp³-hybridized carbons (Fsp3) is 0.0476. The van der Waals surface area contributed by atoms with Gasteiger partial charge < -0.3 is 4.74 Å². The van der Waals surface area contributed by atoms with Gasteiger partial charge in [-0.25, -0.2) is 5.43 Å². The maximum atomic E-state index is 12.0. The van der Waals surface area contributed by atoms with Crippen molar-refractivity contribution in [3.05, 3.63) is 105 Å². The van der Waals surface area contributed by atoms with E-state index >= 15 is 0 Å². The molecule has 0 aliphatic heterocycles. The molecule has 0 aromatic heterocycles. The van der Waals surface area contributed by atoms with Gasteiger partial charge in [-0.1, -0.05) is 11.6 Å². The zero-order valence-corrected chi connectivity index (χ0v) is 15.9. The fourth-order valence-electron chi connectivity index (χ4n) is 2.36. The summed E-state index contributed by atoms with van der Waals surface area (Å²) in [7, 11) is 0. The Bertz CT molecular complexity index is 1020. The lowest BCUT2D eigenvalue weighted by Crippen LogP contribution is -2.17. The first-order valence-corrected chi connectivity index (χ1v) is 8.94. The third-order valence-electron chi connectivity index (χ3n) is 3.92. The number of benzene rings is 3. The molecule has 0 aliphatic rings. The lowest BCUT2D eigenvalue weighted by Gasteiger charge is -2.06. The predicted octanol–water partition coefficient (Wildman–Crippen LogP) is 4.59. The predicted molar refractivity (Wildman–Crippen MR) is 110 cm³/mol. The number of rotatable bonds is 7. The molecule has 7 nitrogen and oxygen atoms in total. The van der Waals surface area contributed by atoms with Gasteiger partial charge in [0.1, 0.15) is 12.4 Å². The summed E-state index contributed by atoms with van der Waals surface area (Å²) in [6.07, 6.45) is 1.52. The summed E-state index contributed by atoms with van der Waals surface area (Å²) in [5, 5.41) is 15.1. The van der Waals surface area contributed by atoms with Gasteiger partial charge in [-0.05, 0) is 71.8 Å². The highest BCUT2D eigenvalue weighted by atomic mass is 35.5. The lowest BCUT2D eigenvalue weighted by atomic mass is 10.2. The molecule has 3 aromatic carbocycles. The average molecular weight is 410 g/mol. The summed E-state index contributed by atoms with van der Waals surface area (Å²) in [4.78, 5) is 22.2. The van der Waals surface area contributed by atoms with Gasteiger partial charge in [0.15, 0.2) is 0 Å². The molecule has 0 saturated heterocycles. The summed E-state index contributed by atoms with van der Waals surface area (Å²) < 4.78 is 5.66. The van der Waals surface area contributed by atoms with Crippen molar-refractivity contribution in [3.63, 3.8) is 0 Å². The van der Waals surface area contributed by atoms with Crippen molar-refractivity contribution in [2.75, 3.05) is 0 Å². The molecule has 0 radical (unpaired) electrons. The maximum absolute atomic E-state index is 12.0. The van der Waals surface area contributed by atoms with Crippen LogP contribution in [0.4, 0.5) is 5.69 Å². The van der Waals surface area contributed by atoms with Gasteiger partial charge in [-0.2, -0.15) is 5.10 Å². The third kappa shape index (κ3) is 5.88. The first-order chi connectivity index (χ1) is 14.0. The molecule has 3 rings (SSSR count). The van der Waals surface area contributed by atoms with Crippen LogP contribution in [0, 0.1) is 10.1 Å². The quantitative estimate of drug-likeness (QED) is 0.351. The molecule has 0 atom stereocenters. The molecule has 1 N–H and O–H groups in total. The molecule has 29 heavy (non-hydrogen) atoms. The molecular formula is C21H16ClN3O4. The second kappa shape index (κ2) is 9.48. The lowest BCUT2D eigenvalue weighted by molar-refractivity contribution is -0.384. The van der Waals surface area contributed by atoms with Crippen LogP contribution in [0.1, 0.15) is 21.5 Å². The smallest absolute Gasteiger partial charge is 0.271 e. The van der Waals surface area contributed by atoms with E-state index in [1.807, 2.05) is 0 Å². The van der Waals surface area contributed by atoms with Crippen LogP contribution >= 0.6 is 11.6 Å². The number of hydrogen-bond donors (Lipinski definition) is 1. The van der Waals surface area contributed by atoms with E-state index in [2.05, 4.69) is 10.5 Å². The molecule has 0 fully saturated rings. The van der Waals surface area contributed by atoms with E-state index in [1.54, 1.807) is 60.7 Å². The van der Waals surface area contributed by atoms with E-state index in [0.717, 1.165) is 11.1 Å². The van der Waals surface area contributed by atoms with Crippen molar-refractivity contribution < 1.29 is 14.5 Å². The van der Waals surface area contributed by atoms with E-state index in [0.29, 0.717) is 22.9 Å². The van der Waals surface area contributed by atoms with Crippen LogP contribution in [-0.2, 0) is 6.61 Å². The Hall–Kier alpha value is -3.71. The topological polar surface area (TPSA) is 93.8 Å². The molecule has 0 unspecified atom stereocenters. The van der Waals surface area contributed by atoms with Crippen LogP contribution in [0.5, 0.6) is 5.75 Å². The second-order valence-electron chi connectivity index (χ2n) is 5.99. The minimum Gasteiger partial charge on any atom is -0.489 e. The zero-order valence-electron chi connectivity index (χ0n) is 15.1. The van der Waals surface area contributed by atoms with Gasteiger partial charge in [-0.15, -0.1) is 0 Å². The molecule has 8 heteroatoms. The van der Waals surface area contributed by atoms with E-state index in [4.69, 9.17) is 16.3 Å². The van der Waals surface area contributed by atoms with Gasteiger partial charge in [0.2, 0.25) is 0 Å². The van der Waals surface area contributed by atoms with Crippen molar-refractivity contribution in [2.24, 2.45) is 5.10 Å². The normalized spacial score (nSPS) is 10.7. The van der Waals surface area contributed by atoms with Gasteiger partial charge in [0.25, 0.3) is 11.6 Å². The van der Waals surface area contributed by atoms with Crippen LogP contribution < -0.4 is 10.2 Å². The van der Waals surface area contributed by atoms with E-state index in [9.17, 15) is 14.9 Å². The Morgan fingerprint density at radius 3 is 2.31 bits per heavy atom. The number of non-ortho nitro benzene ring substituents is 1. The maximum Gasteiger partial charge on any atom is 0.271 e. The van der Waals surface area contributed by atoms with Crippen molar-refractivity contribution in [1.29, 1.82) is 0 Å². The molecular weight excluding hydrogens is 394 g/mol. The fourth-order valence-corrected chi connectivity index (χ4v) is 2.49. The van der Waals surface area contributed by atoms with Crippen molar-refractivity contribution in [2.45, 2.75) is 6.61 Å². The van der Waals surface area contributed by atoms with Crippen LogP contribution in [0.15, 0.2) is 77.9 Å². The Labute approximate surface area is 171 Å². The Kier molecular flexibility index (Phi) is 6.55. The van der Waals surface area contributed by atoms with E-state index in [-0.39, 0.29) is 11.6 Å². The highest BCUT2D eigenvalue weighted by Crippen LogP contribution is 2.16. The standard InChI is InChI=1S/C21H16ClN3O4/c22-18-7-5-17(6-8-18)21(26)24-23-13-15-3-11-20(12-4-15)29-14-16-1-9-19(10-2-16)25(27)28/h1-13H,14H2,(H,24,26)/b23-13-. The minimum atomic E-state index is -0.442. The monoisotopic (exact) mass is 409 g/mol. The third-order valence-corrected chi connectivity index (χ3v) is 4.17. The summed E-state index contributed by atoms with van der Waals surface area (Å²) in [6, 6.07) is 19.8. The Morgan fingerprint density at radius 2 is 1.69 bits per heavy atom. The number of nitro groups is 1. The van der Waals surface area contributed by atoms with Crippen molar-refractivity contribution >= 4 is 29.4 Å². The van der Waals surface area contributed by atoms with Crippen LogP contribution in [0.2, 0.25) is 5.02 Å². The highest BCUT2D eigenvalue weighted by Gasteiger charge is 2.05. The molecule has 0 bridgehead atoms. The summed E-state index contributed by atoms with van der Waals surface area (Å²) in [6.45, 7) is 0.294. The highest BCUT2D eigenvalue weighted by molar-refractivity contribution is 6.30. The van der Waals surface area contributed by atoms with Crippen LogP contribution in [0.3, 0.4) is 0 Å². The van der Waals surface area contributed by atoms with Crippen molar-refractivity contribution in [3.8, 4) is 5.75 Å². The number of carbonyl (C=O) groups is 1. The summed E-state index contributed by atoms with van der Waals surface area (Å²) in [5.74, 6) is 0.312. The molecule has 0 heterocycles. The van der Waals surface area contributed by atoms with Gasteiger partial charge in [0.05, 0.1) is 11.1 Å². The number of halogens is 1. The number of hydrazone groups is 1. The summed E-state index contributed by atoms with van der Waals surface area (Å²) in [5.41, 5.74) is 4.56. The molecule has 1 amide bonds. The van der Waals surface area contributed by atoms with Gasteiger partial charge >= 0.3 is 0 Å². The minimum absolute atomic E-state index is 0.0422. The molecule has 146 valence electrons. The number of nitro benzene ring substituents is 1. The van der Waals surface area contributed by atoms with Crippen molar-refractivity contribution in [1.82, 2.24) is 5.43 Å². The Balaban J connectivity index is 1.50. The zero-order chi connectivity index (χ0) is 20.6. The van der Waals surface area contributed by atoms with Gasteiger partial charge in [-0.3, -0.25) is 14.9 Å². The molecule has 0 aliphatic carbocycles. The average Bonchev–Trinajstić information content (AvgIpc) is 2.74. The molecule has 0 saturated carbocycles. The Morgan fingerprint density at radius 1 is 1.03 bits per heavy atom. The number of amides is 1. The number of carbonyl (C=O) groups excluding carboxylic acids is 1. The molecule has 0 spiro atoms.